The van der Waals surface area contributed by atoms with Crippen molar-refractivity contribution in [3.63, 3.8) is 0 Å². The van der Waals surface area contributed by atoms with Crippen molar-refractivity contribution in [1.29, 1.82) is 0 Å². The molecule has 0 saturated carbocycles. The lowest BCUT2D eigenvalue weighted by molar-refractivity contribution is -0.122. The average molecular weight is 175 g/mol. The first-order chi connectivity index (χ1) is 5.60. The Morgan fingerprint density at radius 3 is 2.50 bits per heavy atom. The van der Waals surface area contributed by atoms with Crippen LogP contribution >= 0.6 is 0 Å². The van der Waals surface area contributed by atoms with Crippen LogP contribution in [0.1, 0.15) is 20.3 Å². The molecule has 0 aliphatic carbocycles. The van der Waals surface area contributed by atoms with Gasteiger partial charge in [0, 0.05) is 7.11 Å². The maximum atomic E-state index is 10.5. The van der Waals surface area contributed by atoms with Gasteiger partial charge in [0.1, 0.15) is 6.29 Å². The largest absolute Gasteiger partial charge is 0.356 e. The van der Waals surface area contributed by atoms with E-state index in [-0.39, 0.29) is 6.04 Å². The summed E-state index contributed by atoms with van der Waals surface area (Å²) < 4.78 is 4.55. The third-order valence-electron chi connectivity index (χ3n) is 1.47. The van der Waals surface area contributed by atoms with E-state index in [1.165, 1.54) is 7.11 Å². The van der Waals surface area contributed by atoms with E-state index in [0.29, 0.717) is 12.3 Å². The quantitative estimate of drug-likeness (QED) is 0.444. The molecular formula is C8H17NO3. The monoisotopic (exact) mass is 175 g/mol. The van der Waals surface area contributed by atoms with Crippen molar-refractivity contribution in [3.05, 3.63) is 0 Å². The van der Waals surface area contributed by atoms with Gasteiger partial charge in [0.2, 0.25) is 6.41 Å². The number of nitrogens with one attached hydrogen (secondary N) is 1. The van der Waals surface area contributed by atoms with Gasteiger partial charge >= 0.3 is 0 Å². The van der Waals surface area contributed by atoms with Crippen LogP contribution in [0.5, 0.6) is 0 Å². The fraction of sp³-hybridized carbons (Fsp3) is 0.875. The zero-order valence-electron chi connectivity index (χ0n) is 7.78. The molecule has 72 valence electrons. The summed E-state index contributed by atoms with van der Waals surface area (Å²) in [4.78, 5) is 10.5. The van der Waals surface area contributed by atoms with Gasteiger partial charge in [0.25, 0.3) is 0 Å². The third-order valence-corrected chi connectivity index (χ3v) is 1.47. The number of carbonyl (C=O) groups is 1. The van der Waals surface area contributed by atoms with Gasteiger partial charge < -0.3 is 14.6 Å². The van der Waals surface area contributed by atoms with Crippen LogP contribution in [0.25, 0.3) is 0 Å². The first kappa shape index (κ1) is 11.6. The maximum Gasteiger partial charge on any atom is 0.213 e. The maximum absolute atomic E-state index is 10.5. The van der Waals surface area contributed by atoms with E-state index < -0.39 is 6.41 Å². The van der Waals surface area contributed by atoms with Gasteiger partial charge in [-0.25, -0.2) is 0 Å². The molecule has 4 heteroatoms. The Labute approximate surface area is 72.9 Å². The average Bonchev–Trinajstić information content (AvgIpc) is 2.02. The fourth-order valence-electron chi connectivity index (χ4n) is 0.922. The highest BCUT2D eigenvalue weighted by Crippen LogP contribution is 2.03. The van der Waals surface area contributed by atoms with Crippen LogP contribution in [0.2, 0.25) is 0 Å². The van der Waals surface area contributed by atoms with Crippen molar-refractivity contribution in [1.82, 2.24) is 5.32 Å². The highest BCUT2D eigenvalue weighted by atomic mass is 16.6. The van der Waals surface area contributed by atoms with Crippen molar-refractivity contribution < 1.29 is 14.6 Å². The van der Waals surface area contributed by atoms with E-state index in [9.17, 15) is 4.79 Å². The molecule has 2 atom stereocenters. The van der Waals surface area contributed by atoms with E-state index in [1.54, 1.807) is 0 Å². The van der Waals surface area contributed by atoms with Gasteiger partial charge in [-0.05, 0) is 12.3 Å². The van der Waals surface area contributed by atoms with Crippen molar-refractivity contribution in [2.45, 2.75) is 32.7 Å². The summed E-state index contributed by atoms with van der Waals surface area (Å²) in [6.07, 6.45) is 0.422. The van der Waals surface area contributed by atoms with E-state index in [4.69, 9.17) is 5.11 Å². The molecule has 0 aliphatic heterocycles. The molecule has 0 saturated heterocycles. The molecule has 0 aromatic rings. The van der Waals surface area contributed by atoms with Crippen LogP contribution in [-0.4, -0.2) is 31.0 Å². The predicted octanol–water partition coefficient (Wildman–Crippen LogP) is 0.112. The molecule has 0 amide bonds. The molecule has 2 unspecified atom stereocenters. The molecular weight excluding hydrogens is 158 g/mol. The van der Waals surface area contributed by atoms with Crippen LogP contribution in [0.3, 0.4) is 0 Å². The molecule has 2 N–H and O–H groups in total. The van der Waals surface area contributed by atoms with Crippen molar-refractivity contribution >= 4 is 6.29 Å². The molecule has 0 heterocycles. The number of aliphatic hydroxyl groups is 1. The van der Waals surface area contributed by atoms with Gasteiger partial charge in [-0.1, -0.05) is 13.8 Å². The topological polar surface area (TPSA) is 58.6 Å². The van der Waals surface area contributed by atoms with E-state index >= 15 is 0 Å². The van der Waals surface area contributed by atoms with E-state index in [1.807, 2.05) is 13.8 Å². The van der Waals surface area contributed by atoms with Gasteiger partial charge in [0.15, 0.2) is 0 Å². The molecule has 0 rings (SSSR count). The highest BCUT2D eigenvalue weighted by molar-refractivity contribution is 5.57. The molecule has 0 aromatic carbocycles. The SMILES string of the molecule is COC(O)NC(C=O)CC(C)C. The van der Waals surface area contributed by atoms with Crippen LogP contribution in [0.15, 0.2) is 0 Å². The number of methoxy groups -OCH3 is 1. The zero-order valence-corrected chi connectivity index (χ0v) is 7.78. The Hall–Kier alpha value is -0.450. The zero-order chi connectivity index (χ0) is 9.56. The fourth-order valence-corrected chi connectivity index (χ4v) is 0.922. The summed E-state index contributed by atoms with van der Waals surface area (Å²) in [6.45, 7) is 4.02. The van der Waals surface area contributed by atoms with E-state index in [2.05, 4.69) is 10.1 Å². The summed E-state index contributed by atoms with van der Waals surface area (Å²) >= 11 is 0. The summed E-state index contributed by atoms with van der Waals surface area (Å²) in [7, 11) is 1.37. The lowest BCUT2D eigenvalue weighted by atomic mass is 10.1. The summed E-state index contributed by atoms with van der Waals surface area (Å²) in [6, 6.07) is -0.333. The summed E-state index contributed by atoms with van der Waals surface area (Å²) in [5.74, 6) is 0.414. The van der Waals surface area contributed by atoms with E-state index in [0.717, 1.165) is 6.29 Å². The predicted molar refractivity (Wildman–Crippen MR) is 45.5 cm³/mol. The van der Waals surface area contributed by atoms with Crippen LogP contribution in [0, 0.1) is 5.92 Å². The Kier molecular flexibility index (Phi) is 5.88. The minimum atomic E-state index is -1.06. The first-order valence-electron chi connectivity index (χ1n) is 4.02. The molecule has 12 heavy (non-hydrogen) atoms. The summed E-state index contributed by atoms with van der Waals surface area (Å²) in [5, 5.41) is 11.6. The molecule has 0 bridgehead atoms. The lowest BCUT2D eigenvalue weighted by Crippen LogP contribution is -2.41. The second kappa shape index (κ2) is 6.11. The molecule has 0 spiro atoms. The number of ether oxygens (including phenoxy) is 1. The Balaban J connectivity index is 3.74. The summed E-state index contributed by atoms with van der Waals surface area (Å²) in [5.41, 5.74) is 0. The molecule has 0 radical (unpaired) electrons. The highest BCUT2D eigenvalue weighted by Gasteiger charge is 2.12. The second-order valence-corrected chi connectivity index (χ2v) is 3.13. The standard InChI is InChI=1S/C8H17NO3/c1-6(2)4-7(5-10)9-8(11)12-3/h5-9,11H,4H2,1-3H3. The number of carbonyl (C=O) groups excluding carboxylic acids is 1. The Morgan fingerprint density at radius 1 is 1.58 bits per heavy atom. The molecule has 0 aromatic heterocycles. The Morgan fingerprint density at radius 2 is 2.17 bits per heavy atom. The number of aliphatic hydroxyl groups excluding tert-OH is 1. The van der Waals surface area contributed by atoms with Crippen LogP contribution in [0.4, 0.5) is 0 Å². The minimum Gasteiger partial charge on any atom is -0.356 e. The third kappa shape index (κ3) is 5.23. The lowest BCUT2D eigenvalue weighted by Gasteiger charge is -2.17. The first-order valence-corrected chi connectivity index (χ1v) is 4.02. The van der Waals surface area contributed by atoms with Gasteiger partial charge in [-0.3, -0.25) is 5.32 Å². The smallest absolute Gasteiger partial charge is 0.213 e. The molecule has 0 fully saturated rings. The van der Waals surface area contributed by atoms with Gasteiger partial charge in [0.05, 0.1) is 6.04 Å². The van der Waals surface area contributed by atoms with Crippen molar-refractivity contribution in [2.24, 2.45) is 5.92 Å². The van der Waals surface area contributed by atoms with Gasteiger partial charge in [-0.15, -0.1) is 0 Å². The van der Waals surface area contributed by atoms with Crippen LogP contribution in [-0.2, 0) is 9.53 Å². The number of aldehydes is 1. The number of hydrogen-bond donors (Lipinski definition) is 2. The number of hydrogen-bond acceptors (Lipinski definition) is 4. The van der Waals surface area contributed by atoms with Crippen molar-refractivity contribution in [3.8, 4) is 0 Å². The minimum absolute atomic E-state index is 0.333. The normalized spacial score (nSPS) is 16.1. The molecule has 0 aliphatic rings. The van der Waals surface area contributed by atoms with Crippen LogP contribution < -0.4 is 5.32 Å². The molecule has 4 nitrogen and oxygen atoms in total. The number of rotatable bonds is 6. The second-order valence-electron chi connectivity index (χ2n) is 3.13. The Bertz CT molecular complexity index is 127. The van der Waals surface area contributed by atoms with Gasteiger partial charge in [-0.2, -0.15) is 0 Å². The van der Waals surface area contributed by atoms with Crippen molar-refractivity contribution in [2.75, 3.05) is 7.11 Å².